The fourth-order valence-electron chi connectivity index (χ4n) is 2.11. The molecule has 0 saturated carbocycles. The summed E-state index contributed by atoms with van der Waals surface area (Å²) in [6.07, 6.45) is 3.00. The highest BCUT2D eigenvalue weighted by Crippen LogP contribution is 2.18. The molecule has 0 spiro atoms. The second-order valence-corrected chi connectivity index (χ2v) is 6.12. The van der Waals surface area contributed by atoms with Crippen LogP contribution in [0.5, 0.6) is 0 Å². The molecule has 6 heteroatoms. The van der Waals surface area contributed by atoms with Crippen molar-refractivity contribution in [3.63, 3.8) is 0 Å². The van der Waals surface area contributed by atoms with E-state index in [2.05, 4.69) is 36.5 Å². The first-order valence-corrected chi connectivity index (χ1v) is 8.13. The fourth-order valence-corrected chi connectivity index (χ4v) is 2.51. The van der Waals surface area contributed by atoms with Crippen molar-refractivity contribution in [2.24, 2.45) is 0 Å². The predicted molar refractivity (Wildman–Crippen MR) is 98.6 cm³/mol. The summed E-state index contributed by atoms with van der Waals surface area (Å²) < 4.78 is 0.960. The largest absolute Gasteiger partial charge is 0.324 e. The first-order valence-electron chi connectivity index (χ1n) is 7.33. The van der Waals surface area contributed by atoms with Crippen LogP contribution in [0.2, 0.25) is 0 Å². The van der Waals surface area contributed by atoms with Gasteiger partial charge in [0.25, 0.3) is 5.91 Å². The number of carbonyl (C=O) groups is 1. The summed E-state index contributed by atoms with van der Waals surface area (Å²) in [4.78, 5) is 20.6. The van der Waals surface area contributed by atoms with Crippen molar-refractivity contribution in [2.75, 3.05) is 10.6 Å². The number of benzene rings is 2. The van der Waals surface area contributed by atoms with Gasteiger partial charge < -0.3 is 10.6 Å². The molecule has 1 amide bonds. The van der Waals surface area contributed by atoms with Gasteiger partial charge in [-0.15, -0.1) is 0 Å². The third-order valence-corrected chi connectivity index (χ3v) is 3.88. The molecule has 0 saturated heterocycles. The molecule has 24 heavy (non-hydrogen) atoms. The fraction of sp³-hybridized carbons (Fsp3) is 0.0556. The molecule has 2 N–H and O–H groups in total. The van der Waals surface area contributed by atoms with Crippen molar-refractivity contribution in [1.82, 2.24) is 9.97 Å². The van der Waals surface area contributed by atoms with Crippen molar-refractivity contribution in [2.45, 2.75) is 6.92 Å². The van der Waals surface area contributed by atoms with Crippen LogP contribution >= 0.6 is 15.9 Å². The SMILES string of the molecule is Cc1ccccc1NC(=O)c1cnc(Nc2cccc(Br)c2)nc1. The van der Waals surface area contributed by atoms with Crippen LogP contribution in [0.25, 0.3) is 0 Å². The molecule has 2 aromatic carbocycles. The summed E-state index contributed by atoms with van der Waals surface area (Å²) in [6, 6.07) is 15.3. The van der Waals surface area contributed by atoms with Crippen LogP contribution in [0.1, 0.15) is 15.9 Å². The molecular formula is C18H15BrN4O. The van der Waals surface area contributed by atoms with Gasteiger partial charge in [-0.25, -0.2) is 9.97 Å². The van der Waals surface area contributed by atoms with Gasteiger partial charge in [-0.3, -0.25) is 4.79 Å². The number of hydrogen-bond donors (Lipinski definition) is 2. The molecule has 0 radical (unpaired) electrons. The zero-order valence-corrected chi connectivity index (χ0v) is 14.5. The Kier molecular flexibility index (Phi) is 4.86. The molecule has 1 aromatic heterocycles. The molecule has 0 aliphatic rings. The molecule has 0 unspecified atom stereocenters. The van der Waals surface area contributed by atoms with Gasteiger partial charge in [-0.2, -0.15) is 0 Å². The molecule has 0 fully saturated rings. The number of rotatable bonds is 4. The summed E-state index contributed by atoms with van der Waals surface area (Å²) in [7, 11) is 0. The highest BCUT2D eigenvalue weighted by Gasteiger charge is 2.09. The lowest BCUT2D eigenvalue weighted by molar-refractivity contribution is 0.102. The van der Waals surface area contributed by atoms with Gasteiger partial charge in [-0.05, 0) is 36.8 Å². The Bertz CT molecular complexity index is 865. The van der Waals surface area contributed by atoms with Crippen molar-refractivity contribution < 1.29 is 4.79 Å². The first-order chi connectivity index (χ1) is 11.6. The molecule has 3 rings (SSSR count). The van der Waals surface area contributed by atoms with E-state index in [4.69, 9.17) is 0 Å². The zero-order valence-electron chi connectivity index (χ0n) is 13.0. The quantitative estimate of drug-likeness (QED) is 0.694. The molecule has 3 aromatic rings. The Labute approximate surface area is 148 Å². The van der Waals surface area contributed by atoms with Gasteiger partial charge in [0.05, 0.1) is 5.56 Å². The average Bonchev–Trinajstić information content (AvgIpc) is 2.57. The number of hydrogen-bond acceptors (Lipinski definition) is 4. The number of carbonyl (C=O) groups excluding carboxylic acids is 1. The number of nitrogens with zero attached hydrogens (tertiary/aromatic N) is 2. The Morgan fingerprint density at radius 1 is 1.04 bits per heavy atom. The van der Waals surface area contributed by atoms with Crippen LogP contribution in [0.3, 0.4) is 0 Å². The minimum absolute atomic E-state index is 0.238. The topological polar surface area (TPSA) is 66.9 Å². The van der Waals surface area contributed by atoms with Gasteiger partial charge in [0, 0.05) is 28.2 Å². The molecule has 0 bridgehead atoms. The van der Waals surface area contributed by atoms with Crippen LogP contribution in [0, 0.1) is 6.92 Å². The average molecular weight is 383 g/mol. The normalized spacial score (nSPS) is 10.2. The van der Waals surface area contributed by atoms with Crippen LogP contribution in [-0.2, 0) is 0 Å². The molecule has 1 heterocycles. The van der Waals surface area contributed by atoms with E-state index in [0.29, 0.717) is 11.5 Å². The maximum absolute atomic E-state index is 12.3. The van der Waals surface area contributed by atoms with E-state index in [9.17, 15) is 4.79 Å². The van der Waals surface area contributed by atoms with E-state index >= 15 is 0 Å². The smallest absolute Gasteiger partial charge is 0.258 e. The lowest BCUT2D eigenvalue weighted by atomic mass is 10.2. The molecule has 0 aliphatic heterocycles. The molecular weight excluding hydrogens is 368 g/mol. The Balaban J connectivity index is 1.70. The maximum atomic E-state index is 12.3. The van der Waals surface area contributed by atoms with Crippen molar-refractivity contribution in [3.05, 3.63) is 76.5 Å². The lowest BCUT2D eigenvalue weighted by Gasteiger charge is -2.08. The van der Waals surface area contributed by atoms with E-state index < -0.39 is 0 Å². The monoisotopic (exact) mass is 382 g/mol. The lowest BCUT2D eigenvalue weighted by Crippen LogP contribution is -2.13. The van der Waals surface area contributed by atoms with Crippen LogP contribution < -0.4 is 10.6 Å². The van der Waals surface area contributed by atoms with Crippen LogP contribution in [-0.4, -0.2) is 15.9 Å². The third kappa shape index (κ3) is 3.97. The van der Waals surface area contributed by atoms with E-state index in [1.54, 1.807) is 0 Å². The van der Waals surface area contributed by atoms with Gasteiger partial charge in [0.1, 0.15) is 0 Å². The minimum Gasteiger partial charge on any atom is -0.324 e. The van der Waals surface area contributed by atoms with Crippen molar-refractivity contribution >= 4 is 39.2 Å². The summed E-state index contributed by atoms with van der Waals surface area (Å²) in [5.41, 5.74) is 3.04. The number of amides is 1. The molecule has 120 valence electrons. The van der Waals surface area contributed by atoms with Gasteiger partial charge in [0.2, 0.25) is 5.95 Å². The number of para-hydroxylation sites is 1. The highest BCUT2D eigenvalue weighted by molar-refractivity contribution is 9.10. The third-order valence-electron chi connectivity index (χ3n) is 3.39. The number of anilines is 3. The maximum Gasteiger partial charge on any atom is 0.258 e. The summed E-state index contributed by atoms with van der Waals surface area (Å²) in [5, 5.41) is 5.94. The second-order valence-electron chi connectivity index (χ2n) is 5.20. The Hall–Kier alpha value is -2.73. The van der Waals surface area contributed by atoms with E-state index in [1.807, 2.05) is 55.5 Å². The Morgan fingerprint density at radius 2 is 1.79 bits per heavy atom. The predicted octanol–water partition coefficient (Wildman–Crippen LogP) is 4.54. The highest BCUT2D eigenvalue weighted by atomic mass is 79.9. The standard InChI is InChI=1S/C18H15BrN4O/c1-12-5-2-3-8-16(12)23-17(24)13-10-20-18(21-11-13)22-15-7-4-6-14(19)9-15/h2-11H,1H3,(H,23,24)(H,20,21,22). The molecule has 0 atom stereocenters. The van der Waals surface area contributed by atoms with Gasteiger partial charge in [-0.1, -0.05) is 40.2 Å². The summed E-state index contributed by atoms with van der Waals surface area (Å²) >= 11 is 3.41. The van der Waals surface area contributed by atoms with E-state index in [1.165, 1.54) is 12.4 Å². The Morgan fingerprint density at radius 3 is 2.50 bits per heavy atom. The van der Waals surface area contributed by atoms with Gasteiger partial charge in [0.15, 0.2) is 0 Å². The number of nitrogens with one attached hydrogen (secondary N) is 2. The summed E-state index contributed by atoms with van der Waals surface area (Å²) in [6.45, 7) is 1.94. The van der Waals surface area contributed by atoms with Crippen molar-refractivity contribution in [3.8, 4) is 0 Å². The van der Waals surface area contributed by atoms with E-state index in [-0.39, 0.29) is 5.91 Å². The van der Waals surface area contributed by atoms with Crippen molar-refractivity contribution in [1.29, 1.82) is 0 Å². The van der Waals surface area contributed by atoms with Crippen LogP contribution in [0.15, 0.2) is 65.4 Å². The second kappa shape index (κ2) is 7.23. The minimum atomic E-state index is -0.238. The first kappa shape index (κ1) is 16.1. The van der Waals surface area contributed by atoms with Crippen LogP contribution in [0.4, 0.5) is 17.3 Å². The molecule has 5 nitrogen and oxygen atoms in total. The molecule has 0 aliphatic carbocycles. The van der Waals surface area contributed by atoms with E-state index in [0.717, 1.165) is 21.4 Å². The zero-order chi connectivity index (χ0) is 16.9. The summed E-state index contributed by atoms with van der Waals surface area (Å²) in [5.74, 6) is 0.193. The number of aromatic nitrogens is 2. The number of halogens is 1. The number of aryl methyl sites for hydroxylation is 1. The van der Waals surface area contributed by atoms with Gasteiger partial charge >= 0.3 is 0 Å².